The number of rotatable bonds is 13. The lowest BCUT2D eigenvalue weighted by molar-refractivity contribution is -0.0907. The molecule has 1 aromatic heterocycles. The Morgan fingerprint density at radius 3 is 2.62 bits per heavy atom. The Morgan fingerprint density at radius 2 is 1.85 bits per heavy atom. The molecule has 0 saturated carbocycles. The Kier molecular flexibility index (Phi) is 10.8. The molecule has 4 heterocycles. The van der Waals surface area contributed by atoms with Crippen molar-refractivity contribution < 1.29 is 36.9 Å². The maximum Gasteiger partial charge on any atom is 0.407 e. The molecule has 3 fully saturated rings. The van der Waals surface area contributed by atoms with Crippen molar-refractivity contribution in [1.29, 1.82) is 0 Å². The van der Waals surface area contributed by atoms with E-state index in [9.17, 15) is 18.3 Å². The van der Waals surface area contributed by atoms with E-state index in [1.165, 1.54) is 23.6 Å². The van der Waals surface area contributed by atoms with Crippen molar-refractivity contribution in [2.75, 3.05) is 39.4 Å². The topological polar surface area (TPSA) is 131 Å². The number of aliphatic hydroxyl groups excluding tert-OH is 1. The van der Waals surface area contributed by atoms with Crippen LogP contribution in [-0.2, 0) is 37.2 Å². The molecule has 6 rings (SSSR count). The van der Waals surface area contributed by atoms with Gasteiger partial charge in [0.1, 0.15) is 17.4 Å². The van der Waals surface area contributed by atoms with Gasteiger partial charge in [0, 0.05) is 18.5 Å². The molecule has 47 heavy (non-hydrogen) atoms. The van der Waals surface area contributed by atoms with Crippen LogP contribution in [0, 0.1) is 11.8 Å². The van der Waals surface area contributed by atoms with E-state index >= 15 is 0 Å². The molecule has 5 atom stereocenters. The van der Waals surface area contributed by atoms with Gasteiger partial charge in [0.15, 0.2) is 6.29 Å². The van der Waals surface area contributed by atoms with Crippen LogP contribution in [0.25, 0.3) is 11.0 Å². The number of furan rings is 1. The first-order valence-electron chi connectivity index (χ1n) is 16.8. The molecule has 2 N–H and O–H groups in total. The predicted molar refractivity (Wildman–Crippen MR) is 176 cm³/mol. The van der Waals surface area contributed by atoms with Crippen molar-refractivity contribution in [3.05, 3.63) is 65.9 Å². The molecule has 256 valence electrons. The fourth-order valence-corrected chi connectivity index (χ4v) is 8.49. The Balaban J connectivity index is 1.19. The number of piperidine rings is 1. The number of nitrogens with zero attached hydrogens (tertiary/aromatic N) is 2. The number of carbonyl (C=O) groups is 1. The van der Waals surface area contributed by atoms with Gasteiger partial charge in [-0.05, 0) is 74.5 Å². The van der Waals surface area contributed by atoms with Gasteiger partial charge >= 0.3 is 6.09 Å². The summed E-state index contributed by atoms with van der Waals surface area (Å²) in [5.74, 6) is 0.770. The quantitative estimate of drug-likeness (QED) is 0.270. The number of sulfonamides is 1. The Hall–Kier alpha value is -3.00. The van der Waals surface area contributed by atoms with E-state index in [1.54, 1.807) is 18.2 Å². The van der Waals surface area contributed by atoms with Crippen molar-refractivity contribution in [3.63, 3.8) is 0 Å². The highest BCUT2D eigenvalue weighted by Gasteiger charge is 2.44. The van der Waals surface area contributed by atoms with Gasteiger partial charge in [-0.25, -0.2) is 13.2 Å². The zero-order valence-electron chi connectivity index (χ0n) is 27.3. The smallest absolute Gasteiger partial charge is 0.407 e. The maximum absolute atomic E-state index is 14.1. The Bertz CT molecular complexity index is 1590. The number of hydrogen-bond donors (Lipinski definition) is 2. The summed E-state index contributed by atoms with van der Waals surface area (Å²) in [6, 6.07) is 15.5. The number of likely N-dealkylation sites (tertiary alicyclic amines) is 1. The van der Waals surface area contributed by atoms with E-state index in [2.05, 4.69) is 10.2 Å². The lowest BCUT2D eigenvalue weighted by Gasteiger charge is -2.31. The molecule has 0 spiro atoms. The molecule has 2 aromatic carbocycles. The van der Waals surface area contributed by atoms with Crippen LogP contribution in [-0.4, -0.2) is 92.8 Å². The molecule has 1 unspecified atom stereocenters. The molecule has 3 aromatic rings. The molecule has 0 radical (unpaired) electrons. The molecule has 0 aliphatic carbocycles. The number of aliphatic hydroxyl groups is 1. The minimum absolute atomic E-state index is 0.0137. The van der Waals surface area contributed by atoms with Crippen molar-refractivity contribution in [3.8, 4) is 0 Å². The van der Waals surface area contributed by atoms with Crippen LogP contribution in [0.5, 0.6) is 0 Å². The second-order valence-corrected chi connectivity index (χ2v) is 15.4. The minimum atomic E-state index is -4.02. The fourth-order valence-electron chi connectivity index (χ4n) is 6.84. The van der Waals surface area contributed by atoms with Crippen molar-refractivity contribution >= 4 is 27.1 Å². The van der Waals surface area contributed by atoms with E-state index in [1.807, 2.05) is 50.2 Å². The van der Waals surface area contributed by atoms with Crippen molar-refractivity contribution in [2.24, 2.45) is 11.8 Å². The van der Waals surface area contributed by atoms with Crippen LogP contribution in [0.1, 0.15) is 50.9 Å². The highest BCUT2D eigenvalue weighted by Crippen LogP contribution is 2.33. The lowest BCUT2D eigenvalue weighted by atomic mass is 10.0. The normalized spacial score (nSPS) is 23.3. The molecule has 1 amide bonds. The summed E-state index contributed by atoms with van der Waals surface area (Å²) in [6.07, 6.45) is 1.89. The highest BCUT2D eigenvalue weighted by atomic mass is 32.2. The van der Waals surface area contributed by atoms with E-state index < -0.39 is 34.4 Å². The third kappa shape index (κ3) is 8.36. The number of ether oxygens (including phenoxy) is 3. The number of nitrogens with one attached hydrogen (secondary N) is 1. The summed E-state index contributed by atoms with van der Waals surface area (Å²) in [5, 5.41) is 15.2. The molecule has 12 heteroatoms. The van der Waals surface area contributed by atoms with Gasteiger partial charge in [-0.1, -0.05) is 50.6 Å². The molecule has 3 saturated heterocycles. The SMILES string of the molecule is CC(C)CN(C[C@@H](O)[C@H](Cc1ccccc1)NC(=O)OC1CO[C@H]2OCC[C@@H]12)S(=O)(=O)c1ccc2oc(CN3CCCCC3)cc2c1. The summed E-state index contributed by atoms with van der Waals surface area (Å²) in [5.41, 5.74) is 1.52. The van der Waals surface area contributed by atoms with Crippen molar-refractivity contribution in [1.82, 2.24) is 14.5 Å². The average Bonchev–Trinajstić information content (AvgIpc) is 3.78. The van der Waals surface area contributed by atoms with Gasteiger partial charge in [0.2, 0.25) is 10.0 Å². The number of alkyl carbamates (subject to hydrolysis) is 1. The third-order valence-electron chi connectivity index (χ3n) is 9.27. The zero-order valence-corrected chi connectivity index (χ0v) is 28.1. The Labute approximate surface area is 277 Å². The van der Waals surface area contributed by atoms with Crippen LogP contribution < -0.4 is 5.32 Å². The van der Waals surface area contributed by atoms with Gasteiger partial charge in [0.25, 0.3) is 0 Å². The molecular formula is C35H47N3O8S. The standard InChI is InChI=1S/C35H47N3O8S/c1-24(2)20-38(47(41,42)28-11-12-32-26(19-28)18-27(45-32)21-37-14-7-4-8-15-37)22-31(39)30(17-25-9-5-3-6-10-25)36-35(40)46-33-23-44-34-29(33)13-16-43-34/h3,5-6,9-12,18-19,24,29-31,33-34,39H,4,7-8,13-17,20-23H2,1-2H3,(H,36,40)/t29-,30-,31+,33?,34+/m0/s1. The molecule has 3 aliphatic rings. The van der Waals surface area contributed by atoms with Gasteiger partial charge in [-0.15, -0.1) is 0 Å². The predicted octanol–water partition coefficient (Wildman–Crippen LogP) is 4.53. The lowest BCUT2D eigenvalue weighted by Crippen LogP contribution is -2.51. The highest BCUT2D eigenvalue weighted by molar-refractivity contribution is 7.89. The summed E-state index contributed by atoms with van der Waals surface area (Å²) in [7, 11) is -4.02. The summed E-state index contributed by atoms with van der Waals surface area (Å²) < 4.78 is 52.6. The summed E-state index contributed by atoms with van der Waals surface area (Å²) in [6.45, 7) is 7.40. The molecule has 3 aliphatic heterocycles. The molecule has 11 nitrogen and oxygen atoms in total. The van der Waals surface area contributed by atoms with Crippen LogP contribution >= 0.6 is 0 Å². The van der Waals surface area contributed by atoms with Crippen LogP contribution in [0.2, 0.25) is 0 Å². The number of fused-ring (bicyclic) bond motifs is 2. The second-order valence-electron chi connectivity index (χ2n) is 13.4. The number of hydrogen-bond acceptors (Lipinski definition) is 9. The monoisotopic (exact) mass is 669 g/mol. The van der Waals surface area contributed by atoms with Crippen LogP contribution in [0.4, 0.5) is 4.79 Å². The second kappa shape index (κ2) is 15.0. The first-order valence-corrected chi connectivity index (χ1v) is 18.3. The fraction of sp³-hybridized carbons (Fsp3) is 0.571. The average molecular weight is 670 g/mol. The summed E-state index contributed by atoms with van der Waals surface area (Å²) >= 11 is 0. The van der Waals surface area contributed by atoms with Gasteiger partial charge in [-0.2, -0.15) is 4.31 Å². The largest absolute Gasteiger partial charge is 0.460 e. The number of benzene rings is 2. The van der Waals surface area contributed by atoms with E-state index in [4.69, 9.17) is 18.6 Å². The first kappa shape index (κ1) is 33.9. The first-order chi connectivity index (χ1) is 22.7. The summed E-state index contributed by atoms with van der Waals surface area (Å²) in [4.78, 5) is 15.6. The number of amides is 1. The molecule has 0 bridgehead atoms. The third-order valence-corrected chi connectivity index (χ3v) is 11.1. The molecular weight excluding hydrogens is 622 g/mol. The van der Waals surface area contributed by atoms with Crippen LogP contribution in [0.15, 0.2) is 63.9 Å². The van der Waals surface area contributed by atoms with Crippen molar-refractivity contribution in [2.45, 2.75) is 81.9 Å². The van der Waals surface area contributed by atoms with Gasteiger partial charge < -0.3 is 29.1 Å². The van der Waals surface area contributed by atoms with Gasteiger partial charge in [0.05, 0.1) is 42.7 Å². The minimum Gasteiger partial charge on any atom is -0.460 e. The van der Waals surface area contributed by atoms with Crippen LogP contribution in [0.3, 0.4) is 0 Å². The zero-order chi connectivity index (χ0) is 33.0. The van der Waals surface area contributed by atoms with Gasteiger partial charge in [-0.3, -0.25) is 4.90 Å². The Morgan fingerprint density at radius 1 is 1.06 bits per heavy atom. The number of carbonyl (C=O) groups excluding carboxylic acids is 1. The van der Waals surface area contributed by atoms with E-state index in [0.717, 1.165) is 36.2 Å². The van der Waals surface area contributed by atoms with E-state index in [-0.39, 0.29) is 49.1 Å². The van der Waals surface area contributed by atoms with E-state index in [0.29, 0.717) is 18.7 Å². The maximum atomic E-state index is 14.1.